The summed E-state index contributed by atoms with van der Waals surface area (Å²) in [5.74, 6) is 0.817. The van der Waals surface area contributed by atoms with Gasteiger partial charge >= 0.3 is 0 Å². The predicted octanol–water partition coefficient (Wildman–Crippen LogP) is 2.85. The maximum Gasteiger partial charge on any atom is 0.118 e. The van der Waals surface area contributed by atoms with Gasteiger partial charge < -0.3 is 9.84 Å². The highest BCUT2D eigenvalue weighted by atomic mass is 16.5. The van der Waals surface area contributed by atoms with Crippen LogP contribution in [0.5, 0.6) is 5.75 Å². The number of ether oxygens (including phenoxy) is 1. The van der Waals surface area contributed by atoms with E-state index >= 15 is 0 Å². The van der Waals surface area contributed by atoms with Gasteiger partial charge in [0.25, 0.3) is 0 Å². The van der Waals surface area contributed by atoms with Crippen molar-refractivity contribution in [3.63, 3.8) is 0 Å². The van der Waals surface area contributed by atoms with Gasteiger partial charge in [0.05, 0.1) is 13.7 Å². The Labute approximate surface area is 81.2 Å². The van der Waals surface area contributed by atoms with Crippen molar-refractivity contribution in [2.45, 2.75) is 27.9 Å². The maximum absolute atomic E-state index is 8.66. The van der Waals surface area contributed by atoms with Crippen molar-refractivity contribution in [2.75, 3.05) is 7.11 Å². The Hall–Kier alpha value is -1.02. The smallest absolute Gasteiger partial charge is 0.118 e. The van der Waals surface area contributed by atoms with Crippen molar-refractivity contribution in [3.05, 3.63) is 29.8 Å². The van der Waals surface area contributed by atoms with Crippen LogP contribution in [0, 0.1) is 0 Å². The summed E-state index contributed by atoms with van der Waals surface area (Å²) in [5, 5.41) is 8.66. The molecular weight excluding hydrogens is 164 g/mol. The van der Waals surface area contributed by atoms with Gasteiger partial charge in [-0.15, -0.1) is 0 Å². The van der Waals surface area contributed by atoms with Gasteiger partial charge in [-0.25, -0.2) is 0 Å². The van der Waals surface area contributed by atoms with Crippen LogP contribution in [0.25, 0.3) is 0 Å². The van der Waals surface area contributed by atoms with Crippen LogP contribution < -0.4 is 4.74 Å². The first-order valence-corrected chi connectivity index (χ1v) is 4.10. The minimum absolute atomic E-state index is 0. The van der Waals surface area contributed by atoms with Gasteiger partial charge in [0, 0.05) is 0 Å². The van der Waals surface area contributed by atoms with Crippen LogP contribution in [-0.4, -0.2) is 12.2 Å². The normalized spacial score (nSPS) is 7.69. The Morgan fingerprint density at radius 3 is 1.92 bits per heavy atom. The molecule has 0 amide bonds. The average Bonchev–Trinajstić information content (AvgIpc) is 2.21. The van der Waals surface area contributed by atoms with Crippen molar-refractivity contribution >= 4 is 0 Å². The number of hydrogen-bond donors (Lipinski definition) is 1. The number of aliphatic hydroxyl groups is 1. The van der Waals surface area contributed by atoms with Crippen LogP contribution in [0.3, 0.4) is 0 Å². The highest BCUT2D eigenvalue weighted by Crippen LogP contribution is 2.10. The Morgan fingerprint density at radius 2 is 1.62 bits per heavy atom. The lowest BCUT2D eigenvalue weighted by Gasteiger charge is -1.98. The third-order valence-corrected chi connectivity index (χ3v) is 1.34. The number of aliphatic hydroxyl groups excluding tert-OH is 1. The van der Waals surface area contributed by atoms with E-state index in [9.17, 15) is 0 Å². The molecule has 2 heteroatoms. The fourth-order valence-electron chi connectivity index (χ4n) is 0.731. The molecule has 13 heavy (non-hydrogen) atoms. The molecular formula is C11H20O2. The summed E-state index contributed by atoms with van der Waals surface area (Å²) >= 11 is 0. The first kappa shape index (κ1) is 14.5. The summed E-state index contributed by atoms with van der Waals surface area (Å²) in [5.41, 5.74) is 0.904. The van der Waals surface area contributed by atoms with E-state index in [0.29, 0.717) is 0 Å². The summed E-state index contributed by atoms with van der Waals surface area (Å²) in [7, 11) is 1.62. The first-order chi connectivity index (χ1) is 5.86. The molecule has 1 aromatic carbocycles. The monoisotopic (exact) mass is 184 g/mol. The third-order valence-electron chi connectivity index (χ3n) is 1.34. The second-order valence-electron chi connectivity index (χ2n) is 2.01. The molecule has 0 spiro atoms. The Kier molecular flexibility index (Phi) is 10.1. The maximum atomic E-state index is 8.66. The number of rotatable bonds is 2. The molecule has 2 nitrogen and oxygen atoms in total. The first-order valence-electron chi connectivity index (χ1n) is 4.10. The van der Waals surface area contributed by atoms with Gasteiger partial charge in [-0.2, -0.15) is 0 Å². The molecule has 0 aliphatic heterocycles. The van der Waals surface area contributed by atoms with E-state index in [-0.39, 0.29) is 14.0 Å². The van der Waals surface area contributed by atoms with Gasteiger partial charge in [0.1, 0.15) is 5.75 Å². The molecule has 0 heterocycles. The SMILES string of the molecule is C.CC.COc1ccc(CO)cc1. The quantitative estimate of drug-likeness (QED) is 0.765. The molecule has 0 aromatic heterocycles. The van der Waals surface area contributed by atoms with Crippen molar-refractivity contribution in [2.24, 2.45) is 0 Å². The van der Waals surface area contributed by atoms with E-state index in [1.807, 2.05) is 38.1 Å². The lowest BCUT2D eigenvalue weighted by atomic mass is 10.2. The topological polar surface area (TPSA) is 29.5 Å². The fourth-order valence-corrected chi connectivity index (χ4v) is 0.731. The fraction of sp³-hybridized carbons (Fsp3) is 0.455. The molecule has 0 unspecified atom stereocenters. The van der Waals surface area contributed by atoms with E-state index in [4.69, 9.17) is 9.84 Å². The summed E-state index contributed by atoms with van der Waals surface area (Å²) in [6.07, 6.45) is 0. The number of hydrogen-bond acceptors (Lipinski definition) is 2. The zero-order chi connectivity index (χ0) is 9.40. The average molecular weight is 184 g/mol. The van der Waals surface area contributed by atoms with Crippen LogP contribution >= 0.6 is 0 Å². The molecule has 0 atom stereocenters. The van der Waals surface area contributed by atoms with Crippen LogP contribution in [-0.2, 0) is 6.61 Å². The second-order valence-corrected chi connectivity index (χ2v) is 2.01. The Bertz CT molecular complexity index is 169. The molecule has 0 aliphatic rings. The summed E-state index contributed by atoms with van der Waals surface area (Å²) in [6.45, 7) is 4.09. The summed E-state index contributed by atoms with van der Waals surface area (Å²) < 4.78 is 4.93. The van der Waals surface area contributed by atoms with Gasteiger partial charge in [0.15, 0.2) is 0 Å². The van der Waals surface area contributed by atoms with Crippen LogP contribution in [0.4, 0.5) is 0 Å². The molecule has 0 bridgehead atoms. The summed E-state index contributed by atoms with van der Waals surface area (Å²) in [4.78, 5) is 0. The Morgan fingerprint density at radius 1 is 1.15 bits per heavy atom. The van der Waals surface area contributed by atoms with E-state index in [1.165, 1.54) is 0 Å². The minimum Gasteiger partial charge on any atom is -0.497 e. The second kappa shape index (κ2) is 9.07. The van der Waals surface area contributed by atoms with Crippen LogP contribution in [0.1, 0.15) is 26.8 Å². The van der Waals surface area contributed by atoms with Crippen LogP contribution in [0.2, 0.25) is 0 Å². The molecule has 1 aromatic rings. The number of benzene rings is 1. The van der Waals surface area contributed by atoms with Crippen molar-refractivity contribution < 1.29 is 9.84 Å². The van der Waals surface area contributed by atoms with Gasteiger partial charge in [-0.1, -0.05) is 33.4 Å². The third kappa shape index (κ3) is 5.26. The van der Waals surface area contributed by atoms with E-state index < -0.39 is 0 Å². The lowest BCUT2D eigenvalue weighted by molar-refractivity contribution is 0.281. The molecule has 0 saturated carbocycles. The zero-order valence-electron chi connectivity index (χ0n) is 7.87. The van der Waals surface area contributed by atoms with Gasteiger partial charge in [0.2, 0.25) is 0 Å². The molecule has 0 fully saturated rings. The Balaban J connectivity index is 0. The molecule has 76 valence electrons. The van der Waals surface area contributed by atoms with Crippen molar-refractivity contribution in [1.82, 2.24) is 0 Å². The highest BCUT2D eigenvalue weighted by Gasteiger charge is 1.89. The lowest BCUT2D eigenvalue weighted by Crippen LogP contribution is -1.84. The molecule has 1 N–H and O–H groups in total. The van der Waals surface area contributed by atoms with Crippen LogP contribution in [0.15, 0.2) is 24.3 Å². The van der Waals surface area contributed by atoms with E-state index in [1.54, 1.807) is 7.11 Å². The molecule has 0 aliphatic carbocycles. The minimum atomic E-state index is 0. The van der Waals surface area contributed by atoms with E-state index in [0.717, 1.165) is 11.3 Å². The van der Waals surface area contributed by atoms with Gasteiger partial charge in [-0.05, 0) is 17.7 Å². The van der Waals surface area contributed by atoms with Gasteiger partial charge in [-0.3, -0.25) is 0 Å². The zero-order valence-corrected chi connectivity index (χ0v) is 7.87. The summed E-state index contributed by atoms with van der Waals surface area (Å²) in [6, 6.07) is 7.31. The molecule has 0 radical (unpaired) electrons. The molecule has 0 saturated heterocycles. The highest BCUT2D eigenvalue weighted by molar-refractivity contribution is 5.26. The van der Waals surface area contributed by atoms with Crippen molar-refractivity contribution in [1.29, 1.82) is 0 Å². The van der Waals surface area contributed by atoms with Crippen molar-refractivity contribution in [3.8, 4) is 5.75 Å². The standard InChI is InChI=1S/C8H10O2.C2H6.CH4/c1-10-8-4-2-7(6-9)3-5-8;1-2;/h2-5,9H,6H2,1H3;1-2H3;1H4. The number of methoxy groups -OCH3 is 1. The molecule has 1 rings (SSSR count). The predicted molar refractivity (Wildman–Crippen MR) is 57.0 cm³/mol. The van der Waals surface area contributed by atoms with E-state index in [2.05, 4.69) is 0 Å². The largest absolute Gasteiger partial charge is 0.497 e.